The second-order valence-corrected chi connectivity index (χ2v) is 8.71. The highest BCUT2D eigenvalue weighted by molar-refractivity contribution is 5.84. The van der Waals surface area contributed by atoms with Gasteiger partial charge < -0.3 is 20.5 Å². The van der Waals surface area contributed by atoms with Gasteiger partial charge in [-0.15, -0.1) is 0 Å². The SMILES string of the molecule is C[C@H](CC(=O)NC(CC1CC1)C(=O)O)NC(=O)OCC1c2ccccc2-c2ccccc21. The van der Waals surface area contributed by atoms with Crippen molar-refractivity contribution >= 4 is 18.0 Å². The summed E-state index contributed by atoms with van der Waals surface area (Å²) in [5, 5.41) is 14.5. The Labute approximate surface area is 187 Å². The molecule has 0 radical (unpaired) electrons. The molecule has 32 heavy (non-hydrogen) atoms. The maximum atomic E-state index is 12.3. The van der Waals surface area contributed by atoms with Crippen LogP contribution < -0.4 is 10.6 Å². The van der Waals surface area contributed by atoms with Crippen LogP contribution in [0.2, 0.25) is 0 Å². The lowest BCUT2D eigenvalue weighted by Gasteiger charge is -2.18. The van der Waals surface area contributed by atoms with Crippen LogP contribution in [0.25, 0.3) is 11.1 Å². The van der Waals surface area contributed by atoms with Gasteiger partial charge in [0.1, 0.15) is 12.6 Å². The smallest absolute Gasteiger partial charge is 0.407 e. The minimum Gasteiger partial charge on any atom is -0.480 e. The molecule has 2 aliphatic carbocycles. The van der Waals surface area contributed by atoms with Gasteiger partial charge in [0.25, 0.3) is 0 Å². The molecule has 7 heteroatoms. The van der Waals surface area contributed by atoms with E-state index in [0.29, 0.717) is 12.3 Å². The quantitative estimate of drug-likeness (QED) is 0.556. The lowest BCUT2D eigenvalue weighted by atomic mass is 9.98. The summed E-state index contributed by atoms with van der Waals surface area (Å²) in [4.78, 5) is 35.9. The van der Waals surface area contributed by atoms with Gasteiger partial charge in [0.15, 0.2) is 0 Å². The number of fused-ring (bicyclic) bond motifs is 3. The van der Waals surface area contributed by atoms with Gasteiger partial charge >= 0.3 is 12.1 Å². The van der Waals surface area contributed by atoms with E-state index in [1.807, 2.05) is 24.3 Å². The molecular weight excluding hydrogens is 408 g/mol. The summed E-state index contributed by atoms with van der Waals surface area (Å²) < 4.78 is 5.50. The standard InChI is InChI=1S/C25H28N2O5/c1-15(12-23(28)27-22(24(29)30)13-16-10-11-16)26-25(31)32-14-21-19-8-4-2-6-17(19)18-7-3-5-9-20(18)21/h2-9,15-16,21-22H,10-14H2,1H3,(H,26,31)(H,27,28)(H,29,30)/t15-,22?/m1/s1. The predicted octanol–water partition coefficient (Wildman–Crippen LogP) is 3.67. The molecular formula is C25H28N2O5. The minimum atomic E-state index is -1.03. The maximum absolute atomic E-state index is 12.3. The Balaban J connectivity index is 1.28. The van der Waals surface area contributed by atoms with Crippen molar-refractivity contribution in [1.82, 2.24) is 10.6 Å². The number of carboxylic acids is 1. The molecule has 3 N–H and O–H groups in total. The maximum Gasteiger partial charge on any atom is 0.407 e. The summed E-state index contributed by atoms with van der Waals surface area (Å²) in [6.07, 6.45) is 1.87. The molecule has 0 spiro atoms. The number of hydrogen-bond acceptors (Lipinski definition) is 4. The summed E-state index contributed by atoms with van der Waals surface area (Å²) in [5.74, 6) is -1.08. The molecule has 1 fully saturated rings. The average molecular weight is 437 g/mol. The summed E-state index contributed by atoms with van der Waals surface area (Å²) >= 11 is 0. The molecule has 2 amide bonds. The van der Waals surface area contributed by atoms with Crippen molar-refractivity contribution in [3.8, 4) is 11.1 Å². The number of nitrogens with one attached hydrogen (secondary N) is 2. The molecule has 0 aromatic heterocycles. The topological polar surface area (TPSA) is 105 Å². The van der Waals surface area contributed by atoms with Gasteiger partial charge in [-0.25, -0.2) is 9.59 Å². The van der Waals surface area contributed by atoms with Crippen LogP contribution in [0.4, 0.5) is 4.79 Å². The fourth-order valence-corrected chi connectivity index (χ4v) is 4.33. The number of amides is 2. The lowest BCUT2D eigenvalue weighted by molar-refractivity contribution is -0.142. The van der Waals surface area contributed by atoms with Crippen LogP contribution >= 0.6 is 0 Å². The predicted molar refractivity (Wildman–Crippen MR) is 119 cm³/mol. The largest absolute Gasteiger partial charge is 0.480 e. The Morgan fingerprint density at radius 1 is 1.00 bits per heavy atom. The van der Waals surface area contributed by atoms with Crippen LogP contribution in [0.5, 0.6) is 0 Å². The first-order valence-electron chi connectivity index (χ1n) is 11.1. The van der Waals surface area contributed by atoms with E-state index in [1.54, 1.807) is 6.92 Å². The first kappa shape index (κ1) is 21.9. The molecule has 4 rings (SSSR count). The Hall–Kier alpha value is -3.35. The monoisotopic (exact) mass is 436 g/mol. The molecule has 1 unspecified atom stereocenters. The Bertz CT molecular complexity index is 971. The van der Waals surface area contributed by atoms with E-state index >= 15 is 0 Å². The van der Waals surface area contributed by atoms with Crippen molar-refractivity contribution in [1.29, 1.82) is 0 Å². The molecule has 2 aromatic carbocycles. The fraction of sp³-hybridized carbons (Fsp3) is 0.400. The number of benzene rings is 2. The third-order valence-electron chi connectivity index (χ3n) is 6.10. The van der Waals surface area contributed by atoms with Crippen molar-refractivity contribution in [2.24, 2.45) is 5.92 Å². The van der Waals surface area contributed by atoms with E-state index in [9.17, 15) is 19.5 Å². The number of ether oxygens (including phenoxy) is 1. The first-order chi connectivity index (χ1) is 15.4. The molecule has 168 valence electrons. The highest BCUT2D eigenvalue weighted by Crippen LogP contribution is 2.44. The zero-order valence-corrected chi connectivity index (χ0v) is 18.0. The fourth-order valence-electron chi connectivity index (χ4n) is 4.33. The van der Waals surface area contributed by atoms with Gasteiger partial charge in [-0.2, -0.15) is 0 Å². The molecule has 2 atom stereocenters. The number of carbonyl (C=O) groups excluding carboxylic acids is 2. The van der Waals surface area contributed by atoms with Crippen LogP contribution in [0.1, 0.15) is 49.7 Å². The highest BCUT2D eigenvalue weighted by Gasteiger charge is 2.31. The Kier molecular flexibility index (Phi) is 6.44. The second kappa shape index (κ2) is 9.42. The van der Waals surface area contributed by atoms with Gasteiger partial charge in [-0.05, 0) is 41.5 Å². The van der Waals surface area contributed by atoms with E-state index in [4.69, 9.17) is 4.74 Å². The van der Waals surface area contributed by atoms with E-state index in [2.05, 4.69) is 34.9 Å². The molecule has 0 bridgehead atoms. The van der Waals surface area contributed by atoms with Crippen LogP contribution in [-0.4, -0.2) is 41.8 Å². The first-order valence-corrected chi connectivity index (χ1v) is 11.1. The van der Waals surface area contributed by atoms with Crippen molar-refractivity contribution in [2.75, 3.05) is 6.61 Å². The van der Waals surface area contributed by atoms with E-state index in [0.717, 1.165) is 35.1 Å². The minimum absolute atomic E-state index is 0.0152. The number of hydrogen-bond donors (Lipinski definition) is 3. The number of aliphatic carboxylic acids is 1. The molecule has 2 aliphatic rings. The van der Waals surface area contributed by atoms with Crippen LogP contribution in [0, 0.1) is 5.92 Å². The van der Waals surface area contributed by atoms with Crippen molar-refractivity contribution < 1.29 is 24.2 Å². The molecule has 0 aliphatic heterocycles. The van der Waals surface area contributed by atoms with Gasteiger partial charge in [0.2, 0.25) is 5.91 Å². The van der Waals surface area contributed by atoms with Gasteiger partial charge in [0.05, 0.1) is 0 Å². The normalized spacial score (nSPS) is 16.4. The Morgan fingerprint density at radius 2 is 1.59 bits per heavy atom. The van der Waals surface area contributed by atoms with Crippen molar-refractivity contribution in [3.63, 3.8) is 0 Å². The average Bonchev–Trinajstić information content (AvgIpc) is 3.52. The van der Waals surface area contributed by atoms with E-state index in [-0.39, 0.29) is 18.9 Å². The lowest BCUT2D eigenvalue weighted by Crippen LogP contribution is -2.44. The van der Waals surface area contributed by atoms with Crippen molar-refractivity contribution in [2.45, 2.75) is 50.6 Å². The van der Waals surface area contributed by atoms with Crippen LogP contribution in [-0.2, 0) is 14.3 Å². The number of rotatable bonds is 9. The summed E-state index contributed by atoms with van der Waals surface area (Å²) in [5.41, 5.74) is 4.57. The zero-order valence-electron chi connectivity index (χ0n) is 18.0. The van der Waals surface area contributed by atoms with E-state index in [1.165, 1.54) is 0 Å². The van der Waals surface area contributed by atoms with Gasteiger partial charge in [0, 0.05) is 18.4 Å². The Morgan fingerprint density at radius 3 is 2.16 bits per heavy atom. The second-order valence-electron chi connectivity index (χ2n) is 8.71. The van der Waals surface area contributed by atoms with Gasteiger partial charge in [-0.3, -0.25) is 4.79 Å². The molecule has 0 heterocycles. The van der Waals surface area contributed by atoms with Gasteiger partial charge in [-0.1, -0.05) is 61.4 Å². The summed E-state index contributed by atoms with van der Waals surface area (Å²) in [6, 6.07) is 14.8. The molecule has 0 saturated heterocycles. The number of carboxylic acid groups (broad SMARTS) is 1. The summed E-state index contributed by atoms with van der Waals surface area (Å²) in [6.45, 7) is 1.89. The van der Waals surface area contributed by atoms with Crippen LogP contribution in [0.15, 0.2) is 48.5 Å². The number of carbonyl (C=O) groups is 3. The van der Waals surface area contributed by atoms with Crippen LogP contribution in [0.3, 0.4) is 0 Å². The third-order valence-corrected chi connectivity index (χ3v) is 6.10. The molecule has 2 aromatic rings. The zero-order chi connectivity index (χ0) is 22.7. The molecule has 7 nitrogen and oxygen atoms in total. The van der Waals surface area contributed by atoms with Crippen molar-refractivity contribution in [3.05, 3.63) is 59.7 Å². The third kappa shape index (κ3) is 5.10. The summed E-state index contributed by atoms with van der Waals surface area (Å²) in [7, 11) is 0. The van der Waals surface area contributed by atoms with E-state index < -0.39 is 30.1 Å². The molecule has 1 saturated carbocycles. The highest BCUT2D eigenvalue weighted by atomic mass is 16.5. The number of alkyl carbamates (subject to hydrolysis) is 1.